The molecule has 4 heterocycles. The van der Waals surface area contributed by atoms with Gasteiger partial charge in [-0.3, -0.25) is 10.1 Å². The molecule has 35 heavy (non-hydrogen) atoms. The van der Waals surface area contributed by atoms with Crippen LogP contribution >= 0.6 is 0 Å². The van der Waals surface area contributed by atoms with Crippen molar-refractivity contribution in [2.45, 2.75) is 13.3 Å². The van der Waals surface area contributed by atoms with Crippen molar-refractivity contribution in [3.63, 3.8) is 0 Å². The molecule has 172 valence electrons. The minimum Gasteiger partial charge on any atom is -0.399 e. The Bertz CT molecular complexity index is 1630. The predicted octanol–water partition coefficient (Wildman–Crippen LogP) is 5.33. The Morgan fingerprint density at radius 1 is 1.09 bits per heavy atom. The lowest BCUT2D eigenvalue weighted by Crippen LogP contribution is -1.95. The minimum absolute atomic E-state index is 0.242. The third-order valence-electron chi connectivity index (χ3n) is 6.27. The van der Waals surface area contributed by atoms with Crippen LogP contribution in [0.4, 0.5) is 4.39 Å². The number of allylic oxidation sites excluding steroid dienone is 6. The van der Waals surface area contributed by atoms with Crippen molar-refractivity contribution in [1.82, 2.24) is 25.5 Å². The van der Waals surface area contributed by atoms with E-state index in [9.17, 15) is 4.39 Å². The predicted molar refractivity (Wildman–Crippen MR) is 137 cm³/mol. The van der Waals surface area contributed by atoms with Gasteiger partial charge in [0.1, 0.15) is 11.5 Å². The number of pyridine rings is 1. The van der Waals surface area contributed by atoms with E-state index < -0.39 is 0 Å². The standard InChI is InChI=1S/C28H23FN6/c1-16-6-7-19(20-4-2-3-5-23(20)29)21-12-26(33-25(21)10-16)28-22-13-24(32-15-27(22)34-35-28)17-11-18(30)8-9-31-14-17/h2-9,11-15,31,33H,10,30H2,1H3,(H,34,35). The SMILES string of the molecule is CC1=CC=C(c2ccccc2F)c2cc(-c3n[nH]c4cnc(C5=CNC=CC(N)=C5)cc34)[nH]c2C1. The Balaban J connectivity index is 1.47. The van der Waals surface area contributed by atoms with E-state index in [1.807, 2.05) is 36.6 Å². The number of aromatic amines is 2. The zero-order valence-corrected chi connectivity index (χ0v) is 19.1. The van der Waals surface area contributed by atoms with E-state index in [0.29, 0.717) is 11.3 Å². The number of fused-ring (bicyclic) bond motifs is 2. The molecule has 1 aliphatic heterocycles. The molecular weight excluding hydrogens is 439 g/mol. The first-order valence-corrected chi connectivity index (χ1v) is 11.4. The zero-order valence-electron chi connectivity index (χ0n) is 19.1. The summed E-state index contributed by atoms with van der Waals surface area (Å²) >= 11 is 0. The Labute approximate surface area is 201 Å². The quantitative estimate of drug-likeness (QED) is 0.331. The molecule has 2 aliphatic rings. The van der Waals surface area contributed by atoms with Crippen molar-refractivity contribution in [1.29, 1.82) is 0 Å². The van der Waals surface area contributed by atoms with E-state index >= 15 is 0 Å². The van der Waals surface area contributed by atoms with Crippen molar-refractivity contribution < 1.29 is 4.39 Å². The molecule has 0 unspecified atom stereocenters. The maximum absolute atomic E-state index is 14.7. The summed E-state index contributed by atoms with van der Waals surface area (Å²) in [7, 11) is 0. The summed E-state index contributed by atoms with van der Waals surface area (Å²) in [6, 6.07) is 10.9. The second-order valence-corrected chi connectivity index (χ2v) is 8.76. The lowest BCUT2D eigenvalue weighted by atomic mass is 9.97. The molecule has 0 saturated carbocycles. The molecule has 0 spiro atoms. The first-order chi connectivity index (χ1) is 17.1. The van der Waals surface area contributed by atoms with Crippen LogP contribution in [0.15, 0.2) is 90.6 Å². The van der Waals surface area contributed by atoms with Gasteiger partial charge in [-0.25, -0.2) is 4.39 Å². The van der Waals surface area contributed by atoms with Gasteiger partial charge in [-0.2, -0.15) is 5.10 Å². The molecule has 0 radical (unpaired) electrons. The second kappa shape index (κ2) is 8.29. The fraction of sp³-hybridized carbons (Fsp3) is 0.0714. The van der Waals surface area contributed by atoms with Crippen LogP contribution in [0.25, 0.3) is 33.4 Å². The number of hydrogen-bond donors (Lipinski definition) is 4. The van der Waals surface area contributed by atoms with E-state index in [1.54, 1.807) is 24.5 Å². The molecule has 1 aliphatic carbocycles. The Morgan fingerprint density at radius 2 is 1.97 bits per heavy atom. The maximum atomic E-state index is 14.7. The topological polar surface area (TPSA) is 95.4 Å². The van der Waals surface area contributed by atoms with Crippen molar-refractivity contribution in [3.8, 4) is 11.4 Å². The first kappa shape index (κ1) is 20.9. The minimum atomic E-state index is -0.242. The van der Waals surface area contributed by atoms with Crippen LogP contribution in [0.3, 0.4) is 0 Å². The molecule has 1 aromatic carbocycles. The molecule has 4 aromatic rings. The number of halogens is 1. The summed E-state index contributed by atoms with van der Waals surface area (Å²) in [4.78, 5) is 8.14. The molecule has 3 aromatic heterocycles. The van der Waals surface area contributed by atoms with Crippen LogP contribution in [-0.4, -0.2) is 20.2 Å². The summed E-state index contributed by atoms with van der Waals surface area (Å²) < 4.78 is 14.7. The number of aromatic nitrogens is 4. The molecule has 0 atom stereocenters. The van der Waals surface area contributed by atoms with Gasteiger partial charge in [0.15, 0.2) is 0 Å². The van der Waals surface area contributed by atoms with Gasteiger partial charge in [0, 0.05) is 52.3 Å². The molecular formula is C28H23FN6. The van der Waals surface area contributed by atoms with Gasteiger partial charge < -0.3 is 16.0 Å². The fourth-order valence-corrected chi connectivity index (χ4v) is 4.55. The summed E-state index contributed by atoms with van der Waals surface area (Å²) in [5.74, 6) is -0.242. The second-order valence-electron chi connectivity index (χ2n) is 8.76. The number of benzene rings is 1. The average Bonchev–Trinajstić information content (AvgIpc) is 3.34. The number of hydrogen-bond acceptors (Lipinski definition) is 4. The van der Waals surface area contributed by atoms with E-state index in [-0.39, 0.29) is 5.82 Å². The third-order valence-corrected chi connectivity index (χ3v) is 6.27. The highest BCUT2D eigenvalue weighted by Gasteiger charge is 2.21. The third kappa shape index (κ3) is 3.77. The van der Waals surface area contributed by atoms with Gasteiger partial charge in [0.2, 0.25) is 0 Å². The van der Waals surface area contributed by atoms with Crippen LogP contribution in [0.1, 0.15) is 29.4 Å². The van der Waals surface area contributed by atoms with Crippen molar-refractivity contribution in [3.05, 3.63) is 119 Å². The lowest BCUT2D eigenvalue weighted by Gasteiger charge is -2.08. The van der Waals surface area contributed by atoms with E-state index in [1.165, 1.54) is 11.6 Å². The highest BCUT2D eigenvalue weighted by atomic mass is 19.1. The Kier molecular flexibility index (Phi) is 4.95. The number of nitrogens with two attached hydrogens (primary N) is 1. The summed E-state index contributed by atoms with van der Waals surface area (Å²) in [5, 5.41) is 11.7. The average molecular weight is 463 g/mol. The summed E-state index contributed by atoms with van der Waals surface area (Å²) in [6.07, 6.45) is 13.9. The van der Waals surface area contributed by atoms with E-state index in [0.717, 1.165) is 56.8 Å². The van der Waals surface area contributed by atoms with Crippen LogP contribution in [-0.2, 0) is 6.42 Å². The van der Waals surface area contributed by atoms with Crippen molar-refractivity contribution in [2.24, 2.45) is 5.73 Å². The van der Waals surface area contributed by atoms with E-state index in [4.69, 9.17) is 5.73 Å². The molecule has 0 amide bonds. The van der Waals surface area contributed by atoms with Crippen molar-refractivity contribution in [2.75, 3.05) is 0 Å². The highest BCUT2D eigenvalue weighted by molar-refractivity contribution is 5.95. The smallest absolute Gasteiger partial charge is 0.131 e. The van der Waals surface area contributed by atoms with Crippen molar-refractivity contribution >= 4 is 22.0 Å². The van der Waals surface area contributed by atoms with E-state index in [2.05, 4.69) is 44.5 Å². The zero-order chi connectivity index (χ0) is 23.9. The van der Waals surface area contributed by atoms with Gasteiger partial charge in [0.25, 0.3) is 0 Å². The number of nitrogens with one attached hydrogen (secondary N) is 3. The largest absolute Gasteiger partial charge is 0.399 e. The maximum Gasteiger partial charge on any atom is 0.131 e. The highest BCUT2D eigenvalue weighted by Crippen LogP contribution is 2.36. The number of rotatable bonds is 3. The number of H-pyrrole nitrogens is 2. The van der Waals surface area contributed by atoms with Crippen LogP contribution in [0, 0.1) is 5.82 Å². The normalized spacial score (nSPS) is 15.4. The molecule has 6 nitrogen and oxygen atoms in total. The van der Waals surface area contributed by atoms with Crippen LogP contribution in [0.5, 0.6) is 0 Å². The molecule has 0 bridgehead atoms. The molecule has 6 rings (SSSR count). The van der Waals surface area contributed by atoms with Crippen LogP contribution < -0.4 is 11.1 Å². The van der Waals surface area contributed by atoms with Gasteiger partial charge in [-0.05, 0) is 42.8 Å². The van der Waals surface area contributed by atoms with Crippen LogP contribution in [0.2, 0.25) is 0 Å². The molecule has 0 fully saturated rings. The summed E-state index contributed by atoms with van der Waals surface area (Å²) in [5.41, 5.74) is 15.4. The lowest BCUT2D eigenvalue weighted by molar-refractivity contribution is 0.624. The number of nitrogens with zero attached hydrogens (tertiary/aromatic N) is 2. The Hall–Kier alpha value is -4.65. The van der Waals surface area contributed by atoms with Gasteiger partial charge >= 0.3 is 0 Å². The monoisotopic (exact) mass is 462 g/mol. The molecule has 7 heteroatoms. The Morgan fingerprint density at radius 3 is 2.86 bits per heavy atom. The summed E-state index contributed by atoms with van der Waals surface area (Å²) in [6.45, 7) is 2.08. The van der Waals surface area contributed by atoms with Gasteiger partial charge in [-0.1, -0.05) is 35.9 Å². The van der Waals surface area contributed by atoms with Gasteiger partial charge in [-0.15, -0.1) is 0 Å². The molecule has 0 saturated heterocycles. The fourth-order valence-electron chi connectivity index (χ4n) is 4.55. The first-order valence-electron chi connectivity index (χ1n) is 11.4. The van der Waals surface area contributed by atoms with Gasteiger partial charge in [0.05, 0.1) is 23.1 Å². The molecule has 5 N–H and O–H groups in total.